The Morgan fingerprint density at radius 3 is 2.00 bits per heavy atom. The Morgan fingerprint density at radius 1 is 0.962 bits per heavy atom. The molecule has 0 heterocycles. The highest BCUT2D eigenvalue weighted by atomic mass is 16.5. The highest BCUT2D eigenvalue weighted by molar-refractivity contribution is 5.75. The predicted octanol–water partition coefficient (Wildman–Crippen LogP) is 5.55. The summed E-state index contributed by atoms with van der Waals surface area (Å²) in [6, 6.07) is 0.192. The van der Waals surface area contributed by atoms with Crippen LogP contribution in [0.15, 0.2) is 0 Å². The van der Waals surface area contributed by atoms with Gasteiger partial charge in [0.15, 0.2) is 0 Å². The van der Waals surface area contributed by atoms with Crippen molar-refractivity contribution in [3.63, 3.8) is 0 Å². The number of nitrogens with one attached hydrogen (secondary N) is 2. The molecule has 0 aromatic rings. The topological polar surface area (TPSA) is 50.4 Å². The normalized spacial score (nSPS) is 24.3. The van der Waals surface area contributed by atoms with Crippen molar-refractivity contribution in [2.45, 2.75) is 122 Å². The van der Waals surface area contributed by atoms with E-state index in [4.69, 9.17) is 4.74 Å². The Hall–Kier alpha value is -0.770. The van der Waals surface area contributed by atoms with Crippen molar-refractivity contribution in [1.82, 2.24) is 10.6 Å². The van der Waals surface area contributed by atoms with Gasteiger partial charge in [0, 0.05) is 6.04 Å². The van der Waals surface area contributed by atoms with Crippen LogP contribution in [0.4, 0.5) is 4.79 Å². The number of amides is 2. The van der Waals surface area contributed by atoms with Crippen LogP contribution in [0.1, 0.15) is 105 Å². The summed E-state index contributed by atoms with van der Waals surface area (Å²) in [4.78, 5) is 12.9. The molecule has 0 radical (unpaired) electrons. The van der Waals surface area contributed by atoms with Crippen LogP contribution in [0.5, 0.6) is 0 Å². The SMILES string of the molecule is CC(NC(=O)NC1(COC(C)(C)C)CCCCCC1)C1(C)CCCCC1. The van der Waals surface area contributed by atoms with E-state index in [1.807, 2.05) is 0 Å². The fraction of sp³-hybridized carbons (Fsp3) is 0.955. The second kappa shape index (κ2) is 8.95. The number of urea groups is 1. The van der Waals surface area contributed by atoms with Crippen LogP contribution in [0.25, 0.3) is 0 Å². The van der Waals surface area contributed by atoms with Crippen molar-refractivity contribution in [3.05, 3.63) is 0 Å². The molecule has 26 heavy (non-hydrogen) atoms. The molecule has 2 aliphatic rings. The molecule has 4 heteroatoms. The Balaban J connectivity index is 1.98. The van der Waals surface area contributed by atoms with Crippen LogP contribution in [0.3, 0.4) is 0 Å². The number of carbonyl (C=O) groups excluding carboxylic acids is 1. The lowest BCUT2D eigenvalue weighted by Gasteiger charge is -2.41. The Bertz CT molecular complexity index is 442. The number of hydrogen-bond acceptors (Lipinski definition) is 2. The zero-order valence-corrected chi connectivity index (χ0v) is 17.9. The van der Waals surface area contributed by atoms with Gasteiger partial charge in [-0.25, -0.2) is 4.79 Å². The summed E-state index contributed by atoms with van der Waals surface area (Å²) in [6.45, 7) is 11.4. The maximum absolute atomic E-state index is 12.9. The molecule has 2 saturated carbocycles. The number of rotatable bonds is 5. The quantitative estimate of drug-likeness (QED) is 0.626. The number of carbonyl (C=O) groups is 1. The maximum atomic E-state index is 12.9. The monoisotopic (exact) mass is 366 g/mol. The van der Waals surface area contributed by atoms with Crippen LogP contribution in [0.2, 0.25) is 0 Å². The van der Waals surface area contributed by atoms with Gasteiger partial charge < -0.3 is 15.4 Å². The minimum absolute atomic E-state index is 0.0105. The van der Waals surface area contributed by atoms with E-state index in [-0.39, 0.29) is 28.6 Å². The Labute approximate surface area is 161 Å². The van der Waals surface area contributed by atoms with E-state index < -0.39 is 0 Å². The Morgan fingerprint density at radius 2 is 1.46 bits per heavy atom. The summed E-state index contributed by atoms with van der Waals surface area (Å²) in [5.41, 5.74) is -0.171. The molecule has 0 bridgehead atoms. The molecule has 0 aliphatic heterocycles. The van der Waals surface area contributed by atoms with Crippen molar-refractivity contribution in [2.75, 3.05) is 6.61 Å². The molecular formula is C22H42N2O2. The summed E-state index contributed by atoms with van der Waals surface area (Å²) in [5.74, 6) is 0. The van der Waals surface area contributed by atoms with E-state index >= 15 is 0 Å². The minimum atomic E-state index is -0.221. The van der Waals surface area contributed by atoms with E-state index in [9.17, 15) is 4.79 Å². The first kappa shape index (κ1) is 21.5. The van der Waals surface area contributed by atoms with E-state index in [1.54, 1.807) is 0 Å². The summed E-state index contributed by atoms with van der Waals surface area (Å²) in [5, 5.41) is 6.63. The zero-order chi connectivity index (χ0) is 19.3. The van der Waals surface area contributed by atoms with Gasteiger partial charge in [0.1, 0.15) is 0 Å². The standard InChI is InChI=1S/C22H42N2O2/c1-18(21(5)13-9-8-10-14-21)23-19(25)24-22(17-26-20(2,3)4)15-11-6-7-12-16-22/h18H,6-17H2,1-5H3,(H2,23,24,25). The maximum Gasteiger partial charge on any atom is 0.315 e. The molecule has 2 aliphatic carbocycles. The second-order valence-electron chi connectivity index (χ2n) is 10.1. The molecule has 4 nitrogen and oxygen atoms in total. The van der Waals surface area contributed by atoms with Gasteiger partial charge in [-0.05, 0) is 58.8 Å². The molecule has 152 valence electrons. The fourth-order valence-electron chi connectivity index (χ4n) is 4.51. The molecule has 1 unspecified atom stereocenters. The van der Waals surface area contributed by atoms with Gasteiger partial charge in [0.05, 0.1) is 17.7 Å². The third-order valence-corrected chi connectivity index (χ3v) is 6.61. The molecule has 2 N–H and O–H groups in total. The zero-order valence-electron chi connectivity index (χ0n) is 17.9. The van der Waals surface area contributed by atoms with Crippen LogP contribution in [0, 0.1) is 5.41 Å². The van der Waals surface area contributed by atoms with Gasteiger partial charge in [0.2, 0.25) is 0 Å². The molecule has 0 spiro atoms. The number of hydrogen-bond donors (Lipinski definition) is 2. The molecule has 0 saturated heterocycles. The minimum Gasteiger partial charge on any atom is -0.373 e. The van der Waals surface area contributed by atoms with Gasteiger partial charge in [-0.1, -0.05) is 51.9 Å². The molecule has 0 aromatic carbocycles. The largest absolute Gasteiger partial charge is 0.373 e. The molecule has 2 fully saturated rings. The predicted molar refractivity (Wildman–Crippen MR) is 108 cm³/mol. The van der Waals surface area contributed by atoms with Gasteiger partial charge in [-0.3, -0.25) is 0 Å². The second-order valence-corrected chi connectivity index (χ2v) is 10.1. The first-order chi connectivity index (χ1) is 12.1. The van der Waals surface area contributed by atoms with Crippen molar-refractivity contribution >= 4 is 6.03 Å². The van der Waals surface area contributed by atoms with Crippen LogP contribution in [-0.4, -0.2) is 29.8 Å². The summed E-state index contributed by atoms with van der Waals surface area (Å²) >= 11 is 0. The summed E-state index contributed by atoms with van der Waals surface area (Å²) in [7, 11) is 0. The third kappa shape index (κ3) is 6.44. The Kier molecular flexibility index (Phi) is 7.41. The summed E-state index contributed by atoms with van der Waals surface area (Å²) < 4.78 is 6.13. The van der Waals surface area contributed by atoms with Gasteiger partial charge in [-0.2, -0.15) is 0 Å². The van der Waals surface area contributed by atoms with Gasteiger partial charge >= 0.3 is 6.03 Å². The molecule has 2 amide bonds. The van der Waals surface area contributed by atoms with E-state index in [1.165, 1.54) is 57.8 Å². The van der Waals surface area contributed by atoms with Crippen molar-refractivity contribution < 1.29 is 9.53 Å². The first-order valence-corrected chi connectivity index (χ1v) is 10.9. The van der Waals surface area contributed by atoms with Crippen molar-refractivity contribution in [2.24, 2.45) is 5.41 Å². The van der Waals surface area contributed by atoms with Crippen LogP contribution >= 0.6 is 0 Å². The number of ether oxygens (including phenoxy) is 1. The average Bonchev–Trinajstić information content (AvgIpc) is 2.79. The van der Waals surface area contributed by atoms with Gasteiger partial charge in [-0.15, -0.1) is 0 Å². The lowest BCUT2D eigenvalue weighted by molar-refractivity contribution is -0.0382. The smallest absolute Gasteiger partial charge is 0.315 e. The first-order valence-electron chi connectivity index (χ1n) is 10.9. The fourth-order valence-corrected chi connectivity index (χ4v) is 4.51. The highest BCUT2D eigenvalue weighted by Gasteiger charge is 2.37. The molecular weight excluding hydrogens is 324 g/mol. The molecule has 0 aromatic heterocycles. The average molecular weight is 367 g/mol. The van der Waals surface area contributed by atoms with E-state index in [0.29, 0.717) is 6.61 Å². The lowest BCUT2D eigenvalue weighted by atomic mass is 9.71. The van der Waals surface area contributed by atoms with Crippen molar-refractivity contribution in [1.29, 1.82) is 0 Å². The highest BCUT2D eigenvalue weighted by Crippen LogP contribution is 2.38. The van der Waals surface area contributed by atoms with Crippen LogP contribution in [-0.2, 0) is 4.74 Å². The third-order valence-electron chi connectivity index (χ3n) is 6.61. The molecule has 2 rings (SSSR count). The van der Waals surface area contributed by atoms with Gasteiger partial charge in [0.25, 0.3) is 0 Å². The van der Waals surface area contributed by atoms with E-state index in [0.717, 1.165) is 12.8 Å². The van der Waals surface area contributed by atoms with Crippen molar-refractivity contribution in [3.8, 4) is 0 Å². The van der Waals surface area contributed by atoms with Crippen LogP contribution < -0.4 is 10.6 Å². The summed E-state index contributed by atoms with van der Waals surface area (Å²) in [6.07, 6.45) is 13.2. The molecule has 1 atom stereocenters. The van der Waals surface area contributed by atoms with E-state index in [2.05, 4.69) is 45.3 Å². The lowest BCUT2D eigenvalue weighted by Crippen LogP contribution is -2.58.